The van der Waals surface area contributed by atoms with Gasteiger partial charge in [-0.2, -0.15) is 0 Å². The Balaban J connectivity index is 2.11. The number of nitrogens with one attached hydrogen (secondary N) is 1. The van der Waals surface area contributed by atoms with Gasteiger partial charge in [-0.05, 0) is 11.1 Å². The number of hydrogen-bond acceptors (Lipinski definition) is 2. The summed E-state index contributed by atoms with van der Waals surface area (Å²) in [6.45, 7) is -1.52. The van der Waals surface area contributed by atoms with Crippen molar-refractivity contribution in [3.63, 3.8) is 0 Å². The predicted octanol–water partition coefficient (Wildman–Crippen LogP) is 2.92. The molecule has 0 aromatic heterocycles. The Labute approximate surface area is 134 Å². The highest BCUT2D eigenvalue weighted by Crippen LogP contribution is 2.27. The van der Waals surface area contributed by atoms with E-state index in [1.807, 2.05) is 60.7 Å². The summed E-state index contributed by atoms with van der Waals surface area (Å²) in [6, 6.07) is 19.1. The Morgan fingerprint density at radius 3 is 1.91 bits per heavy atom. The first-order chi connectivity index (χ1) is 11.0. The first-order valence-electron chi connectivity index (χ1n) is 7.46. The number of carbonyl (C=O) groups is 1. The van der Waals surface area contributed by atoms with E-state index in [0.29, 0.717) is 0 Å². The maximum absolute atomic E-state index is 13.2. The molecule has 23 heavy (non-hydrogen) atoms. The largest absolute Gasteiger partial charge is 0.350 e. The molecule has 2 rings (SSSR count). The van der Waals surface area contributed by atoms with Crippen LogP contribution in [-0.4, -0.2) is 24.9 Å². The number of rotatable bonds is 7. The van der Waals surface area contributed by atoms with Crippen LogP contribution < -0.4 is 11.1 Å². The summed E-state index contributed by atoms with van der Waals surface area (Å²) in [6.07, 6.45) is 0.106. The maximum Gasteiger partial charge on any atom is 0.277 e. The smallest absolute Gasteiger partial charge is 0.277 e. The summed E-state index contributed by atoms with van der Waals surface area (Å²) in [5.74, 6) is -3.68. The van der Waals surface area contributed by atoms with Crippen molar-refractivity contribution in [2.75, 3.05) is 13.1 Å². The van der Waals surface area contributed by atoms with Crippen molar-refractivity contribution < 1.29 is 13.6 Å². The highest BCUT2D eigenvalue weighted by molar-refractivity contribution is 5.77. The zero-order valence-electron chi connectivity index (χ0n) is 12.7. The second kappa shape index (κ2) is 7.83. The molecule has 0 aliphatic rings. The molecule has 0 saturated carbocycles. The van der Waals surface area contributed by atoms with Crippen LogP contribution in [0.1, 0.15) is 23.5 Å². The Morgan fingerprint density at radius 1 is 1.00 bits per heavy atom. The van der Waals surface area contributed by atoms with Gasteiger partial charge >= 0.3 is 0 Å². The molecule has 0 aliphatic carbocycles. The van der Waals surface area contributed by atoms with E-state index in [9.17, 15) is 13.6 Å². The summed E-state index contributed by atoms with van der Waals surface area (Å²) >= 11 is 0. The van der Waals surface area contributed by atoms with Crippen molar-refractivity contribution in [1.29, 1.82) is 0 Å². The van der Waals surface area contributed by atoms with E-state index in [0.717, 1.165) is 11.1 Å². The van der Waals surface area contributed by atoms with Gasteiger partial charge in [-0.15, -0.1) is 0 Å². The molecule has 0 radical (unpaired) electrons. The molecule has 3 nitrogen and oxygen atoms in total. The minimum atomic E-state index is -3.08. The van der Waals surface area contributed by atoms with E-state index in [1.165, 1.54) is 0 Å². The summed E-state index contributed by atoms with van der Waals surface area (Å²) < 4.78 is 26.3. The van der Waals surface area contributed by atoms with Crippen LogP contribution in [0.25, 0.3) is 0 Å². The van der Waals surface area contributed by atoms with Crippen LogP contribution in [0.15, 0.2) is 60.7 Å². The second-order valence-electron chi connectivity index (χ2n) is 5.41. The van der Waals surface area contributed by atoms with Gasteiger partial charge in [0.05, 0.1) is 13.1 Å². The number of amides is 1. The standard InChI is InChI=1S/C18H20F2N2O/c19-18(20,12-21)13-22-17(23)11-16(14-7-3-1-4-8-14)15-9-5-2-6-10-15/h1-10,16H,11-13,21H2,(H,22,23). The maximum atomic E-state index is 13.2. The third-order valence-corrected chi connectivity index (χ3v) is 3.64. The van der Waals surface area contributed by atoms with E-state index < -0.39 is 24.9 Å². The molecule has 0 saturated heterocycles. The fourth-order valence-corrected chi connectivity index (χ4v) is 2.36. The van der Waals surface area contributed by atoms with Crippen molar-refractivity contribution in [1.82, 2.24) is 5.32 Å². The molecule has 2 aromatic rings. The van der Waals surface area contributed by atoms with Gasteiger partial charge in [-0.1, -0.05) is 60.7 Å². The average molecular weight is 318 g/mol. The van der Waals surface area contributed by atoms with Crippen LogP contribution in [0.2, 0.25) is 0 Å². The lowest BCUT2D eigenvalue weighted by molar-refractivity contribution is -0.123. The van der Waals surface area contributed by atoms with Gasteiger partial charge < -0.3 is 11.1 Å². The SMILES string of the molecule is NCC(F)(F)CNC(=O)CC(c1ccccc1)c1ccccc1. The van der Waals surface area contributed by atoms with Crippen LogP contribution in [0.3, 0.4) is 0 Å². The van der Waals surface area contributed by atoms with Crippen molar-refractivity contribution in [2.45, 2.75) is 18.3 Å². The molecule has 2 aromatic carbocycles. The summed E-state index contributed by atoms with van der Waals surface area (Å²) in [4.78, 5) is 12.1. The van der Waals surface area contributed by atoms with Crippen LogP contribution >= 0.6 is 0 Å². The van der Waals surface area contributed by atoms with Gasteiger partial charge in [-0.3, -0.25) is 4.79 Å². The van der Waals surface area contributed by atoms with Crippen LogP contribution in [0.4, 0.5) is 8.78 Å². The number of hydrogen-bond donors (Lipinski definition) is 2. The topological polar surface area (TPSA) is 55.1 Å². The van der Waals surface area contributed by atoms with Crippen LogP contribution in [-0.2, 0) is 4.79 Å². The monoisotopic (exact) mass is 318 g/mol. The Morgan fingerprint density at radius 2 is 1.48 bits per heavy atom. The number of halogens is 2. The molecule has 0 unspecified atom stereocenters. The highest BCUT2D eigenvalue weighted by atomic mass is 19.3. The third-order valence-electron chi connectivity index (χ3n) is 3.64. The van der Waals surface area contributed by atoms with Crippen LogP contribution in [0.5, 0.6) is 0 Å². The molecule has 0 aliphatic heterocycles. The fraction of sp³-hybridized carbons (Fsp3) is 0.278. The molecule has 0 spiro atoms. The van der Waals surface area contributed by atoms with Crippen molar-refractivity contribution in [2.24, 2.45) is 5.73 Å². The molecule has 0 heterocycles. The molecule has 3 N–H and O–H groups in total. The summed E-state index contributed by atoms with van der Waals surface area (Å²) in [7, 11) is 0. The van der Waals surface area contributed by atoms with E-state index in [4.69, 9.17) is 5.73 Å². The van der Waals surface area contributed by atoms with E-state index in [1.54, 1.807) is 0 Å². The molecule has 5 heteroatoms. The Kier molecular flexibility index (Phi) is 5.82. The van der Waals surface area contributed by atoms with E-state index in [-0.39, 0.29) is 12.3 Å². The third kappa shape index (κ3) is 5.14. The minimum absolute atomic E-state index is 0.106. The second-order valence-corrected chi connectivity index (χ2v) is 5.41. The van der Waals surface area contributed by atoms with Gasteiger partial charge in [0.1, 0.15) is 0 Å². The fourth-order valence-electron chi connectivity index (χ4n) is 2.36. The average Bonchev–Trinajstić information content (AvgIpc) is 2.59. The lowest BCUT2D eigenvalue weighted by Gasteiger charge is -2.19. The van der Waals surface area contributed by atoms with Gasteiger partial charge in [-0.25, -0.2) is 8.78 Å². The first-order valence-corrected chi connectivity index (χ1v) is 7.46. The van der Waals surface area contributed by atoms with Gasteiger partial charge in [0.2, 0.25) is 5.91 Å². The molecular formula is C18H20F2N2O. The van der Waals surface area contributed by atoms with Gasteiger partial charge in [0.15, 0.2) is 0 Å². The lowest BCUT2D eigenvalue weighted by Crippen LogP contribution is -2.41. The molecule has 122 valence electrons. The Bertz CT molecular complexity index is 578. The summed E-state index contributed by atoms with van der Waals surface area (Å²) in [5, 5.41) is 2.27. The normalized spacial score (nSPS) is 11.5. The van der Waals surface area contributed by atoms with Crippen molar-refractivity contribution in [3.8, 4) is 0 Å². The molecule has 0 fully saturated rings. The number of benzene rings is 2. The van der Waals surface area contributed by atoms with Crippen molar-refractivity contribution >= 4 is 5.91 Å². The molecule has 0 bridgehead atoms. The molecular weight excluding hydrogens is 298 g/mol. The number of carbonyl (C=O) groups excluding carboxylic acids is 1. The minimum Gasteiger partial charge on any atom is -0.350 e. The van der Waals surface area contributed by atoms with Gasteiger partial charge in [0, 0.05) is 12.3 Å². The van der Waals surface area contributed by atoms with E-state index in [2.05, 4.69) is 5.32 Å². The van der Waals surface area contributed by atoms with Gasteiger partial charge in [0.25, 0.3) is 5.92 Å². The zero-order chi connectivity index (χ0) is 16.7. The quantitative estimate of drug-likeness (QED) is 0.825. The molecule has 0 atom stereocenters. The highest BCUT2D eigenvalue weighted by Gasteiger charge is 2.28. The van der Waals surface area contributed by atoms with E-state index >= 15 is 0 Å². The number of alkyl halides is 2. The van der Waals surface area contributed by atoms with Crippen molar-refractivity contribution in [3.05, 3.63) is 71.8 Å². The zero-order valence-corrected chi connectivity index (χ0v) is 12.7. The number of nitrogens with two attached hydrogens (primary N) is 1. The lowest BCUT2D eigenvalue weighted by atomic mass is 9.88. The summed E-state index contributed by atoms with van der Waals surface area (Å²) in [5.41, 5.74) is 6.92. The van der Waals surface area contributed by atoms with Crippen LogP contribution in [0, 0.1) is 0 Å². The Hall–Kier alpha value is -2.27. The first kappa shape index (κ1) is 17.1. The predicted molar refractivity (Wildman–Crippen MR) is 86.4 cm³/mol. The molecule has 1 amide bonds.